The lowest BCUT2D eigenvalue weighted by molar-refractivity contribution is -0.123. The molecule has 2 fully saturated rings. The molecule has 1 aromatic heterocycles. The lowest BCUT2D eigenvalue weighted by Gasteiger charge is -2.33. The van der Waals surface area contributed by atoms with Crippen molar-refractivity contribution in [2.45, 2.75) is 38.3 Å². The first-order chi connectivity index (χ1) is 14.3. The van der Waals surface area contributed by atoms with Gasteiger partial charge in [-0.1, -0.05) is 18.2 Å². The minimum atomic E-state index is 0.00574. The minimum Gasteiger partial charge on any atom is -0.455 e. The number of hydrogen-bond donors (Lipinski definition) is 2. The summed E-state index contributed by atoms with van der Waals surface area (Å²) in [7, 11) is 0. The van der Waals surface area contributed by atoms with Gasteiger partial charge in [-0.15, -0.1) is 0 Å². The van der Waals surface area contributed by atoms with Crippen molar-refractivity contribution in [2.24, 2.45) is 5.92 Å². The molecule has 2 N–H and O–H groups in total. The van der Waals surface area contributed by atoms with Crippen LogP contribution in [0.1, 0.15) is 31.2 Å². The standard InChI is InChI=1S/C23H30N4O2/c28-23(21-9-4-12-25-21)26-14-18-6-5-13-27(16-18)17-19-7-1-2-10-22(19)29-20-8-3-11-24-15-20/h1-3,7-8,10-11,15,18,21,25H,4-6,9,12-14,16-17H2,(H,26,28). The highest BCUT2D eigenvalue weighted by atomic mass is 16.5. The highest BCUT2D eigenvalue weighted by molar-refractivity contribution is 5.81. The lowest BCUT2D eigenvalue weighted by Crippen LogP contribution is -2.45. The van der Waals surface area contributed by atoms with Crippen LogP contribution in [0.4, 0.5) is 0 Å². The number of nitrogens with one attached hydrogen (secondary N) is 2. The molecule has 2 aromatic rings. The fourth-order valence-electron chi connectivity index (χ4n) is 4.25. The van der Waals surface area contributed by atoms with E-state index in [0.29, 0.717) is 5.92 Å². The van der Waals surface area contributed by atoms with Gasteiger partial charge in [-0.3, -0.25) is 14.7 Å². The molecule has 0 radical (unpaired) electrons. The molecule has 2 atom stereocenters. The molecule has 2 aliphatic rings. The van der Waals surface area contributed by atoms with Crippen LogP contribution in [0, 0.1) is 5.92 Å². The molecule has 4 rings (SSSR count). The summed E-state index contributed by atoms with van der Waals surface area (Å²) in [5.41, 5.74) is 1.18. The molecule has 6 nitrogen and oxygen atoms in total. The summed E-state index contributed by atoms with van der Waals surface area (Å²) in [5, 5.41) is 6.43. The number of benzene rings is 1. The molecule has 3 heterocycles. The van der Waals surface area contributed by atoms with E-state index in [-0.39, 0.29) is 11.9 Å². The highest BCUT2D eigenvalue weighted by Gasteiger charge is 2.25. The Bertz CT molecular complexity index is 792. The number of nitrogens with zero attached hydrogens (tertiary/aromatic N) is 2. The van der Waals surface area contributed by atoms with Crippen LogP contribution >= 0.6 is 0 Å². The van der Waals surface area contributed by atoms with Crippen LogP contribution in [-0.4, -0.2) is 48.0 Å². The molecule has 0 aliphatic carbocycles. The summed E-state index contributed by atoms with van der Waals surface area (Å²) in [4.78, 5) is 18.9. The average molecular weight is 395 g/mol. The van der Waals surface area contributed by atoms with Crippen molar-refractivity contribution in [1.82, 2.24) is 20.5 Å². The predicted octanol–water partition coefficient (Wildman–Crippen LogP) is 2.95. The summed E-state index contributed by atoms with van der Waals surface area (Å²) in [5.74, 6) is 2.29. The number of aromatic nitrogens is 1. The summed E-state index contributed by atoms with van der Waals surface area (Å²) in [6.07, 6.45) is 7.85. The van der Waals surface area contributed by atoms with E-state index in [9.17, 15) is 4.79 Å². The normalized spacial score (nSPS) is 22.3. The average Bonchev–Trinajstić information content (AvgIpc) is 3.30. The van der Waals surface area contributed by atoms with E-state index in [1.54, 1.807) is 12.4 Å². The molecule has 1 amide bonds. The van der Waals surface area contributed by atoms with Gasteiger partial charge in [0.15, 0.2) is 0 Å². The second-order valence-electron chi connectivity index (χ2n) is 8.04. The van der Waals surface area contributed by atoms with Crippen molar-refractivity contribution < 1.29 is 9.53 Å². The lowest BCUT2D eigenvalue weighted by atomic mass is 9.97. The summed E-state index contributed by atoms with van der Waals surface area (Å²) < 4.78 is 6.06. The molecule has 6 heteroatoms. The van der Waals surface area contributed by atoms with Crippen molar-refractivity contribution in [2.75, 3.05) is 26.2 Å². The van der Waals surface area contributed by atoms with Crippen LogP contribution in [0.3, 0.4) is 0 Å². The van der Waals surface area contributed by atoms with Gasteiger partial charge in [0, 0.05) is 31.4 Å². The van der Waals surface area contributed by atoms with Crippen molar-refractivity contribution in [3.63, 3.8) is 0 Å². The number of para-hydroxylation sites is 1. The van der Waals surface area contributed by atoms with Gasteiger partial charge in [-0.05, 0) is 62.9 Å². The zero-order valence-corrected chi connectivity index (χ0v) is 16.8. The molecule has 2 unspecified atom stereocenters. The largest absolute Gasteiger partial charge is 0.455 e. The highest BCUT2D eigenvalue weighted by Crippen LogP contribution is 2.27. The Morgan fingerprint density at radius 1 is 1.21 bits per heavy atom. The van der Waals surface area contributed by atoms with E-state index in [4.69, 9.17) is 4.74 Å². The first kappa shape index (κ1) is 19.9. The third-order valence-corrected chi connectivity index (χ3v) is 5.77. The number of likely N-dealkylation sites (tertiary alicyclic amines) is 1. The number of rotatable bonds is 7. The van der Waals surface area contributed by atoms with Gasteiger partial charge in [0.05, 0.1) is 12.2 Å². The third-order valence-electron chi connectivity index (χ3n) is 5.77. The Balaban J connectivity index is 1.32. The van der Waals surface area contributed by atoms with Crippen LogP contribution in [-0.2, 0) is 11.3 Å². The zero-order valence-electron chi connectivity index (χ0n) is 16.8. The van der Waals surface area contributed by atoms with Crippen LogP contribution in [0.5, 0.6) is 11.5 Å². The molecule has 2 saturated heterocycles. The van der Waals surface area contributed by atoms with Gasteiger partial charge in [0.2, 0.25) is 5.91 Å². The van der Waals surface area contributed by atoms with E-state index in [1.807, 2.05) is 24.3 Å². The summed E-state index contributed by atoms with van der Waals surface area (Å²) >= 11 is 0. The second kappa shape index (κ2) is 9.85. The number of carbonyl (C=O) groups is 1. The summed E-state index contributed by atoms with van der Waals surface area (Å²) in [6, 6.07) is 12.0. The number of ether oxygens (including phenoxy) is 1. The Morgan fingerprint density at radius 2 is 2.14 bits per heavy atom. The Labute approximate surface area is 172 Å². The number of amides is 1. The number of carbonyl (C=O) groups excluding carboxylic acids is 1. The van der Waals surface area contributed by atoms with Crippen LogP contribution in [0.15, 0.2) is 48.8 Å². The molecular weight excluding hydrogens is 364 g/mol. The Hall–Kier alpha value is -2.44. The SMILES string of the molecule is O=C(NCC1CCCN(Cc2ccccc2Oc2cccnc2)C1)C1CCCN1. The van der Waals surface area contributed by atoms with Gasteiger partial charge in [0.1, 0.15) is 11.5 Å². The first-order valence-electron chi connectivity index (χ1n) is 10.7. The van der Waals surface area contributed by atoms with Gasteiger partial charge in [-0.2, -0.15) is 0 Å². The quantitative estimate of drug-likeness (QED) is 0.756. The Morgan fingerprint density at radius 3 is 2.97 bits per heavy atom. The topological polar surface area (TPSA) is 66.5 Å². The molecule has 0 bridgehead atoms. The van der Waals surface area contributed by atoms with E-state index < -0.39 is 0 Å². The van der Waals surface area contributed by atoms with Gasteiger partial charge in [0.25, 0.3) is 0 Å². The number of hydrogen-bond acceptors (Lipinski definition) is 5. The van der Waals surface area contributed by atoms with Crippen LogP contribution in [0.2, 0.25) is 0 Å². The van der Waals surface area contributed by atoms with Crippen LogP contribution < -0.4 is 15.4 Å². The minimum absolute atomic E-state index is 0.00574. The van der Waals surface area contributed by atoms with E-state index in [0.717, 1.165) is 63.5 Å². The predicted molar refractivity (Wildman–Crippen MR) is 113 cm³/mol. The fourth-order valence-corrected chi connectivity index (χ4v) is 4.25. The number of pyridine rings is 1. The van der Waals surface area contributed by atoms with Crippen molar-refractivity contribution >= 4 is 5.91 Å². The molecule has 154 valence electrons. The summed E-state index contributed by atoms with van der Waals surface area (Å²) in [6.45, 7) is 4.65. The van der Waals surface area contributed by atoms with Crippen molar-refractivity contribution in [3.8, 4) is 11.5 Å². The van der Waals surface area contributed by atoms with Crippen molar-refractivity contribution in [1.29, 1.82) is 0 Å². The second-order valence-corrected chi connectivity index (χ2v) is 8.04. The monoisotopic (exact) mass is 394 g/mol. The molecule has 0 spiro atoms. The first-order valence-corrected chi connectivity index (χ1v) is 10.7. The van der Waals surface area contributed by atoms with Gasteiger partial charge < -0.3 is 15.4 Å². The maximum atomic E-state index is 12.3. The fraction of sp³-hybridized carbons (Fsp3) is 0.478. The van der Waals surface area contributed by atoms with E-state index in [2.05, 4.69) is 32.7 Å². The van der Waals surface area contributed by atoms with Gasteiger partial charge in [-0.25, -0.2) is 0 Å². The van der Waals surface area contributed by atoms with E-state index >= 15 is 0 Å². The smallest absolute Gasteiger partial charge is 0.237 e. The number of piperidine rings is 1. The maximum absolute atomic E-state index is 12.3. The third kappa shape index (κ3) is 5.55. The van der Waals surface area contributed by atoms with Gasteiger partial charge >= 0.3 is 0 Å². The molecule has 2 aliphatic heterocycles. The Kier molecular flexibility index (Phi) is 6.75. The molecule has 1 aromatic carbocycles. The molecular formula is C23H30N4O2. The maximum Gasteiger partial charge on any atom is 0.237 e. The molecule has 0 saturated carbocycles. The van der Waals surface area contributed by atoms with Crippen molar-refractivity contribution in [3.05, 3.63) is 54.4 Å². The van der Waals surface area contributed by atoms with E-state index in [1.165, 1.54) is 12.0 Å². The zero-order chi connectivity index (χ0) is 19.9. The molecule has 29 heavy (non-hydrogen) atoms. The van der Waals surface area contributed by atoms with Crippen LogP contribution in [0.25, 0.3) is 0 Å².